The molecule has 0 aliphatic rings. The van der Waals surface area contributed by atoms with Gasteiger partial charge in [0.05, 0.1) is 5.75 Å². The fraction of sp³-hybridized carbons (Fsp3) is 0.125. The van der Waals surface area contributed by atoms with Crippen molar-refractivity contribution in [2.24, 2.45) is 0 Å². The van der Waals surface area contributed by atoms with Crippen LogP contribution in [0.4, 0.5) is 10.1 Å². The monoisotopic (exact) mass is 287 g/mol. The van der Waals surface area contributed by atoms with E-state index in [2.05, 4.69) is 5.32 Å². The molecule has 0 bridgehead atoms. The van der Waals surface area contributed by atoms with Crippen LogP contribution in [0, 0.1) is 5.82 Å². The van der Waals surface area contributed by atoms with Gasteiger partial charge in [-0.2, -0.15) is 0 Å². The smallest absolute Gasteiger partial charge is 0.739 e. The van der Waals surface area contributed by atoms with Crippen molar-refractivity contribution >= 4 is 31.5 Å². The van der Waals surface area contributed by atoms with Gasteiger partial charge in [0.15, 0.2) is 0 Å². The second kappa shape index (κ2) is 7.34. The Bertz CT molecular complexity index is 477. The maximum Gasteiger partial charge on any atom is 1.00 e. The minimum absolute atomic E-state index is 0. The summed E-state index contributed by atoms with van der Waals surface area (Å²) in [6.07, 6.45) is 0. The van der Waals surface area contributed by atoms with Crippen LogP contribution < -0.4 is 34.9 Å². The van der Waals surface area contributed by atoms with E-state index in [1.807, 2.05) is 0 Å². The molecule has 0 atom stereocenters. The summed E-state index contributed by atoms with van der Waals surface area (Å²) in [5, 5.41) is 2.31. The molecule has 0 aromatic heterocycles. The zero-order chi connectivity index (χ0) is 12.2. The summed E-state index contributed by atoms with van der Waals surface area (Å²) in [6, 6.07) is 4.94. The van der Waals surface area contributed by atoms with E-state index in [9.17, 15) is 22.2 Å². The number of carbonyl (C=O) groups excluding carboxylic acids is 1. The summed E-state index contributed by atoms with van der Waals surface area (Å²) in [6.45, 7) is 0. The van der Waals surface area contributed by atoms with E-state index in [-0.39, 0.29) is 40.4 Å². The minimum atomic E-state index is -4.47. The van der Waals surface area contributed by atoms with Gasteiger partial charge in [-0.05, 0) is 35.1 Å². The van der Waals surface area contributed by atoms with Crippen LogP contribution in [0.1, 0.15) is 0 Å². The minimum Gasteiger partial charge on any atom is -0.739 e. The van der Waals surface area contributed by atoms with Gasteiger partial charge in [-0.1, -0.05) is 0 Å². The van der Waals surface area contributed by atoms with E-state index in [0.29, 0.717) is 5.69 Å². The molecule has 1 amide bonds. The van der Waals surface area contributed by atoms with Crippen LogP contribution in [0.5, 0.6) is 0 Å². The summed E-state index contributed by atoms with van der Waals surface area (Å²) < 4.78 is 43.1. The normalized spacial score (nSPS) is 10.5. The van der Waals surface area contributed by atoms with E-state index in [0.717, 1.165) is 12.1 Å². The summed E-state index contributed by atoms with van der Waals surface area (Å²) in [5.74, 6) is -1.59. The van der Waals surface area contributed by atoms with Gasteiger partial charge >= 0.3 is 29.6 Å². The molecule has 5 nitrogen and oxygen atoms in total. The molecule has 0 heterocycles. The fourth-order valence-corrected chi connectivity index (χ4v) is 1.93. The molecular weight excluding hydrogens is 280 g/mol. The zero-order valence-electron chi connectivity index (χ0n) is 8.84. The summed E-state index contributed by atoms with van der Waals surface area (Å²) in [5.41, 5.74) is 0.329. The van der Waals surface area contributed by atoms with E-state index in [1.54, 1.807) is 0 Å². The van der Waals surface area contributed by atoms with Crippen molar-refractivity contribution in [2.75, 3.05) is 11.1 Å². The molecule has 0 aliphatic heterocycles. The van der Waals surface area contributed by atoms with Gasteiger partial charge in [-0.25, -0.2) is 12.8 Å². The number of anilines is 1. The number of hydrogen-bond donors (Lipinski definition) is 1. The SMILES string of the molecule is O=C(CSS(=O)(=O)[O-])Nc1ccc(F)cc1.[Na+]. The van der Waals surface area contributed by atoms with Crippen molar-refractivity contribution in [3.63, 3.8) is 0 Å². The van der Waals surface area contributed by atoms with Crippen molar-refractivity contribution in [3.8, 4) is 0 Å². The molecule has 1 N–H and O–H groups in total. The fourth-order valence-electron chi connectivity index (χ4n) is 0.856. The number of rotatable bonds is 4. The predicted molar refractivity (Wildman–Crippen MR) is 57.2 cm³/mol. The first kappa shape index (κ1) is 16.9. The van der Waals surface area contributed by atoms with Gasteiger partial charge < -0.3 is 9.87 Å². The molecule has 0 radical (unpaired) electrons. The molecule has 1 aromatic carbocycles. The number of nitrogens with one attached hydrogen (secondary N) is 1. The van der Waals surface area contributed by atoms with Crippen molar-refractivity contribution < 1.29 is 51.7 Å². The number of benzene rings is 1. The number of hydrogen-bond acceptors (Lipinski definition) is 5. The Morgan fingerprint density at radius 3 is 2.35 bits per heavy atom. The average molecular weight is 287 g/mol. The maximum absolute atomic E-state index is 12.5. The van der Waals surface area contributed by atoms with Crippen LogP contribution in [-0.4, -0.2) is 24.6 Å². The molecule has 0 saturated carbocycles. The summed E-state index contributed by atoms with van der Waals surface area (Å²) in [4.78, 5) is 11.1. The van der Waals surface area contributed by atoms with Crippen LogP contribution >= 0.6 is 10.8 Å². The Labute approximate surface area is 124 Å². The van der Waals surface area contributed by atoms with Crippen molar-refractivity contribution in [1.29, 1.82) is 0 Å². The first-order valence-corrected chi connectivity index (χ1v) is 6.93. The van der Waals surface area contributed by atoms with Gasteiger partial charge in [0.25, 0.3) is 0 Å². The summed E-state index contributed by atoms with van der Waals surface area (Å²) >= 11 is 0. The third-order valence-corrected chi connectivity index (χ3v) is 3.35. The molecule has 88 valence electrons. The summed E-state index contributed by atoms with van der Waals surface area (Å²) in [7, 11) is -4.48. The zero-order valence-corrected chi connectivity index (χ0v) is 12.5. The van der Waals surface area contributed by atoms with Crippen LogP contribution in [0.2, 0.25) is 0 Å². The second-order valence-corrected chi connectivity index (χ2v) is 6.00. The van der Waals surface area contributed by atoms with Crippen LogP contribution in [0.15, 0.2) is 24.3 Å². The molecule has 9 heteroatoms. The second-order valence-electron chi connectivity index (χ2n) is 2.73. The number of halogens is 1. The van der Waals surface area contributed by atoms with Crippen molar-refractivity contribution in [3.05, 3.63) is 30.1 Å². The molecule has 0 aliphatic carbocycles. The first-order chi connectivity index (χ1) is 7.37. The maximum atomic E-state index is 12.5. The van der Waals surface area contributed by atoms with Crippen LogP contribution in [0.25, 0.3) is 0 Å². The Morgan fingerprint density at radius 1 is 1.35 bits per heavy atom. The van der Waals surface area contributed by atoms with Gasteiger partial charge in [-0.3, -0.25) is 4.79 Å². The molecule has 0 fully saturated rings. The van der Waals surface area contributed by atoms with E-state index in [1.165, 1.54) is 12.1 Å². The topological polar surface area (TPSA) is 86.3 Å². The molecule has 1 rings (SSSR count). The molecule has 17 heavy (non-hydrogen) atoms. The molecule has 0 spiro atoms. The molecule has 0 unspecified atom stereocenters. The van der Waals surface area contributed by atoms with Crippen molar-refractivity contribution in [2.45, 2.75) is 0 Å². The standard InChI is InChI=1S/C8H8FNO4S2.Na/c9-6-1-3-7(4-2-6)10-8(11)5-15-16(12,13)14;/h1-4H,5H2,(H,10,11)(H,12,13,14);/q;+1/p-1. The third-order valence-electron chi connectivity index (χ3n) is 1.46. The quantitative estimate of drug-likeness (QED) is 0.392. The van der Waals surface area contributed by atoms with Gasteiger partial charge in [-0.15, -0.1) is 0 Å². The molecule has 1 aromatic rings. The molecule has 0 saturated heterocycles. The predicted octanol–water partition coefficient (Wildman–Crippen LogP) is -2.04. The number of carbonyl (C=O) groups is 1. The Hall–Kier alpha value is -0.120. The third kappa shape index (κ3) is 7.74. The number of amides is 1. The Balaban J connectivity index is 0.00000256. The average Bonchev–Trinajstić information content (AvgIpc) is 2.18. The molecular formula is C8H7FNNaO4S2. The Morgan fingerprint density at radius 2 is 1.88 bits per heavy atom. The van der Waals surface area contributed by atoms with E-state index >= 15 is 0 Å². The van der Waals surface area contributed by atoms with Crippen LogP contribution in [-0.2, 0) is 13.9 Å². The van der Waals surface area contributed by atoms with Gasteiger partial charge in [0.1, 0.15) is 15.0 Å². The first-order valence-electron chi connectivity index (χ1n) is 4.02. The van der Waals surface area contributed by atoms with Gasteiger partial charge in [0.2, 0.25) is 5.91 Å². The van der Waals surface area contributed by atoms with E-state index < -0.39 is 26.6 Å². The largest absolute Gasteiger partial charge is 1.00 e. The Kier molecular flexibility index (Phi) is 7.29. The van der Waals surface area contributed by atoms with Gasteiger partial charge in [0, 0.05) is 5.69 Å². The van der Waals surface area contributed by atoms with E-state index in [4.69, 9.17) is 0 Å². The van der Waals surface area contributed by atoms with Crippen LogP contribution in [0.3, 0.4) is 0 Å². The van der Waals surface area contributed by atoms with Crippen molar-refractivity contribution in [1.82, 2.24) is 0 Å².